The van der Waals surface area contributed by atoms with Gasteiger partial charge in [0, 0.05) is 6.42 Å². The van der Waals surface area contributed by atoms with Crippen molar-refractivity contribution in [2.45, 2.75) is 88.9 Å². The van der Waals surface area contributed by atoms with Crippen LogP contribution in [-0.4, -0.2) is 96.4 Å². The summed E-state index contributed by atoms with van der Waals surface area (Å²) in [4.78, 5) is 12.6. The number of carbonyl (C=O) groups excluding carboxylic acids is 1. The summed E-state index contributed by atoms with van der Waals surface area (Å²) in [5.74, 6) is -5.07. The molecule has 198 valence electrons. The highest BCUT2D eigenvalue weighted by Crippen LogP contribution is 2.51. The Balaban J connectivity index is 2.01. The molecule has 0 amide bonds. The fourth-order valence-electron chi connectivity index (χ4n) is 4.31. The minimum absolute atomic E-state index is 0.0344. The Labute approximate surface area is 199 Å². The van der Waals surface area contributed by atoms with Gasteiger partial charge in [0.25, 0.3) is 20.2 Å². The lowest BCUT2D eigenvalue weighted by atomic mass is 9.98. The SMILES string of the molecule is CCOC(=O)C(C[C@]12O[C@H]([C@H]3COC(C)(C)O3)[C@H](OS(C)(=O)=O)[C@H]1OC(C)(C)O2)OS(C)(=O)=O. The number of hydrogen-bond acceptors (Lipinski definition) is 13. The van der Waals surface area contributed by atoms with Crippen LogP contribution < -0.4 is 0 Å². The molecule has 0 saturated carbocycles. The number of carbonyl (C=O) groups is 1. The zero-order valence-corrected chi connectivity index (χ0v) is 21.8. The van der Waals surface area contributed by atoms with Crippen molar-refractivity contribution in [1.82, 2.24) is 0 Å². The molecule has 3 aliphatic heterocycles. The standard InChI is InChI=1S/C19H32O13S2/c1-8-25-16(20)11(30-33(6,21)22)9-19-15(29-18(4,5)32-19)14(31-34(7,23)24)13(28-19)12-10-26-17(2,3)27-12/h11-15H,8-10H2,1-7H3/t11?,12-,13-,14+,15-,19-/m1/s1. The van der Waals surface area contributed by atoms with E-state index < -0.39 is 80.5 Å². The Morgan fingerprint density at radius 1 is 1.00 bits per heavy atom. The Bertz CT molecular complexity index is 990. The average Bonchev–Trinajstić information content (AvgIpc) is 3.19. The zero-order chi connectivity index (χ0) is 25.7. The van der Waals surface area contributed by atoms with Gasteiger partial charge in [-0.1, -0.05) is 0 Å². The molecule has 0 aliphatic carbocycles. The van der Waals surface area contributed by atoms with Crippen LogP contribution in [0.5, 0.6) is 0 Å². The molecule has 0 aromatic carbocycles. The van der Waals surface area contributed by atoms with Gasteiger partial charge in [0.2, 0.25) is 5.79 Å². The third-order valence-corrected chi connectivity index (χ3v) is 6.37. The first-order chi connectivity index (χ1) is 15.4. The van der Waals surface area contributed by atoms with Gasteiger partial charge < -0.3 is 28.4 Å². The molecule has 3 aliphatic rings. The van der Waals surface area contributed by atoms with Crippen LogP contribution in [0.1, 0.15) is 41.0 Å². The van der Waals surface area contributed by atoms with Crippen LogP contribution in [-0.2, 0) is 61.8 Å². The minimum atomic E-state index is -4.10. The summed E-state index contributed by atoms with van der Waals surface area (Å²) in [5.41, 5.74) is 0. The van der Waals surface area contributed by atoms with Crippen molar-refractivity contribution in [3.05, 3.63) is 0 Å². The summed E-state index contributed by atoms with van der Waals surface area (Å²) >= 11 is 0. The highest BCUT2D eigenvalue weighted by Gasteiger charge is 2.69. The van der Waals surface area contributed by atoms with Crippen molar-refractivity contribution in [2.24, 2.45) is 0 Å². The maximum absolute atomic E-state index is 12.6. The van der Waals surface area contributed by atoms with E-state index in [1.165, 1.54) is 0 Å². The van der Waals surface area contributed by atoms with Crippen LogP contribution in [0.15, 0.2) is 0 Å². The van der Waals surface area contributed by atoms with Crippen LogP contribution in [0.3, 0.4) is 0 Å². The summed E-state index contributed by atoms with van der Waals surface area (Å²) < 4.78 is 92.8. The molecule has 3 saturated heterocycles. The quantitative estimate of drug-likeness (QED) is 0.289. The van der Waals surface area contributed by atoms with E-state index in [0.717, 1.165) is 12.5 Å². The summed E-state index contributed by atoms with van der Waals surface area (Å²) in [6.45, 7) is 8.03. The van der Waals surface area contributed by atoms with E-state index in [0.29, 0.717) is 0 Å². The van der Waals surface area contributed by atoms with Crippen molar-refractivity contribution in [3.63, 3.8) is 0 Å². The van der Waals surface area contributed by atoms with Crippen LogP contribution in [0.25, 0.3) is 0 Å². The first kappa shape index (κ1) is 27.7. The lowest BCUT2D eigenvalue weighted by Crippen LogP contribution is -2.47. The molecule has 0 radical (unpaired) electrons. The predicted molar refractivity (Wildman–Crippen MR) is 113 cm³/mol. The van der Waals surface area contributed by atoms with E-state index in [-0.39, 0.29) is 13.2 Å². The van der Waals surface area contributed by atoms with Crippen LogP contribution in [0.4, 0.5) is 0 Å². The number of rotatable bonds is 9. The maximum Gasteiger partial charge on any atom is 0.337 e. The van der Waals surface area contributed by atoms with Gasteiger partial charge in [-0.3, -0.25) is 8.37 Å². The monoisotopic (exact) mass is 532 g/mol. The van der Waals surface area contributed by atoms with Crippen LogP contribution >= 0.6 is 0 Å². The maximum atomic E-state index is 12.6. The van der Waals surface area contributed by atoms with Crippen LogP contribution in [0.2, 0.25) is 0 Å². The van der Waals surface area contributed by atoms with Gasteiger partial charge in [0.15, 0.2) is 17.7 Å². The molecule has 3 rings (SSSR count). The topological polar surface area (TPSA) is 159 Å². The largest absolute Gasteiger partial charge is 0.464 e. The van der Waals surface area contributed by atoms with E-state index in [1.54, 1.807) is 34.6 Å². The normalized spacial score (nSPS) is 35.7. The molecule has 0 spiro atoms. The summed E-state index contributed by atoms with van der Waals surface area (Å²) in [6, 6.07) is 0. The highest BCUT2D eigenvalue weighted by molar-refractivity contribution is 7.86. The van der Waals surface area contributed by atoms with Gasteiger partial charge in [-0.05, 0) is 34.6 Å². The van der Waals surface area contributed by atoms with Gasteiger partial charge in [-0.15, -0.1) is 0 Å². The van der Waals surface area contributed by atoms with Crippen molar-refractivity contribution in [1.29, 1.82) is 0 Å². The fraction of sp³-hybridized carbons (Fsp3) is 0.947. The Morgan fingerprint density at radius 2 is 1.65 bits per heavy atom. The smallest absolute Gasteiger partial charge is 0.337 e. The first-order valence-corrected chi connectivity index (χ1v) is 14.3. The van der Waals surface area contributed by atoms with E-state index >= 15 is 0 Å². The molecule has 6 atom stereocenters. The lowest BCUT2D eigenvalue weighted by Gasteiger charge is -2.32. The number of fused-ring (bicyclic) bond motifs is 1. The summed E-state index contributed by atoms with van der Waals surface area (Å²) in [7, 11) is -8.11. The van der Waals surface area contributed by atoms with E-state index in [4.69, 9.17) is 36.8 Å². The molecule has 13 nitrogen and oxygen atoms in total. The van der Waals surface area contributed by atoms with E-state index in [9.17, 15) is 21.6 Å². The Morgan fingerprint density at radius 3 is 2.15 bits per heavy atom. The third kappa shape index (κ3) is 6.44. The second kappa shape index (κ2) is 9.19. The molecule has 3 fully saturated rings. The summed E-state index contributed by atoms with van der Waals surface area (Å²) in [6.07, 6.45) is -4.82. The molecule has 3 heterocycles. The predicted octanol–water partition coefficient (Wildman–Crippen LogP) is 0.0273. The van der Waals surface area contributed by atoms with Crippen molar-refractivity contribution >= 4 is 26.2 Å². The second-order valence-electron chi connectivity index (χ2n) is 9.31. The summed E-state index contributed by atoms with van der Waals surface area (Å²) in [5, 5.41) is 0. The molecule has 0 aromatic rings. The molecule has 1 unspecified atom stereocenters. The molecule has 15 heteroatoms. The van der Waals surface area contributed by atoms with Gasteiger partial charge in [0.05, 0.1) is 25.7 Å². The molecule has 0 aromatic heterocycles. The number of esters is 1. The van der Waals surface area contributed by atoms with Gasteiger partial charge in [0.1, 0.15) is 24.4 Å². The fourth-order valence-corrected chi connectivity index (χ4v) is 5.49. The van der Waals surface area contributed by atoms with Crippen molar-refractivity contribution in [2.75, 3.05) is 25.7 Å². The molecule has 34 heavy (non-hydrogen) atoms. The highest BCUT2D eigenvalue weighted by atomic mass is 32.2. The molecule has 0 bridgehead atoms. The van der Waals surface area contributed by atoms with Crippen LogP contribution in [0, 0.1) is 0 Å². The van der Waals surface area contributed by atoms with Crippen molar-refractivity contribution < 1.29 is 58.4 Å². The second-order valence-corrected chi connectivity index (χ2v) is 12.5. The average molecular weight is 533 g/mol. The van der Waals surface area contributed by atoms with Gasteiger partial charge >= 0.3 is 5.97 Å². The van der Waals surface area contributed by atoms with E-state index in [2.05, 4.69) is 0 Å². The molecular weight excluding hydrogens is 500 g/mol. The van der Waals surface area contributed by atoms with E-state index in [1.807, 2.05) is 0 Å². The third-order valence-electron chi connectivity index (χ3n) is 5.21. The number of ether oxygens (including phenoxy) is 6. The Hall–Kier alpha value is -0.910. The molecule has 0 N–H and O–H groups in total. The van der Waals surface area contributed by atoms with Gasteiger partial charge in [-0.25, -0.2) is 4.79 Å². The first-order valence-electron chi connectivity index (χ1n) is 10.7. The molecular formula is C19H32O13S2. The zero-order valence-electron chi connectivity index (χ0n) is 20.1. The number of hydrogen-bond donors (Lipinski definition) is 0. The Kier molecular flexibility index (Phi) is 7.48. The minimum Gasteiger partial charge on any atom is -0.464 e. The van der Waals surface area contributed by atoms with Gasteiger partial charge in [-0.2, -0.15) is 16.8 Å². The lowest BCUT2D eigenvalue weighted by molar-refractivity contribution is -0.281. The van der Waals surface area contributed by atoms with Crippen molar-refractivity contribution in [3.8, 4) is 0 Å².